The molecule has 1 unspecified atom stereocenters. The van der Waals surface area contributed by atoms with E-state index < -0.39 is 18.0 Å². The summed E-state index contributed by atoms with van der Waals surface area (Å²) in [6.45, 7) is 1.92. The Hall–Kier alpha value is -5.39. The van der Waals surface area contributed by atoms with Crippen molar-refractivity contribution in [2.75, 3.05) is 13.4 Å². The van der Waals surface area contributed by atoms with Crippen LogP contribution in [0.5, 0.6) is 11.5 Å². The largest absolute Gasteiger partial charge is 0.478 e. The van der Waals surface area contributed by atoms with Gasteiger partial charge in [-0.15, -0.1) is 0 Å². The van der Waals surface area contributed by atoms with Crippen molar-refractivity contribution in [2.45, 2.75) is 13.0 Å². The minimum Gasteiger partial charge on any atom is -0.478 e. The summed E-state index contributed by atoms with van der Waals surface area (Å²) in [6, 6.07) is 21.6. The number of thiazole rings is 1. The summed E-state index contributed by atoms with van der Waals surface area (Å²) < 4.78 is 24.5. The Balaban J connectivity index is 1.40. The number of benzene rings is 3. The molecule has 4 heterocycles. The van der Waals surface area contributed by atoms with Gasteiger partial charge in [0.15, 0.2) is 16.3 Å². The molecule has 0 aliphatic carbocycles. The van der Waals surface area contributed by atoms with Gasteiger partial charge in [-0.05, 0) is 48.9 Å². The van der Waals surface area contributed by atoms with Crippen molar-refractivity contribution in [1.82, 2.24) is 4.57 Å². The molecule has 2 aliphatic heterocycles. The summed E-state index contributed by atoms with van der Waals surface area (Å²) in [7, 11) is 0. The maximum absolute atomic E-state index is 14.2. The molecule has 0 fully saturated rings. The second kappa shape index (κ2) is 11.8. The summed E-state index contributed by atoms with van der Waals surface area (Å²) in [4.78, 5) is 44.4. The second-order valence-corrected chi connectivity index (χ2v) is 11.7. The van der Waals surface area contributed by atoms with Gasteiger partial charge in [-0.2, -0.15) is 0 Å². The molecule has 2 aromatic heterocycles. The van der Waals surface area contributed by atoms with Crippen molar-refractivity contribution in [3.63, 3.8) is 0 Å². The fourth-order valence-corrected chi connectivity index (χ4v) is 6.64. The van der Waals surface area contributed by atoms with Crippen molar-refractivity contribution < 1.29 is 33.3 Å². The number of hydrogen-bond acceptors (Lipinski definition) is 9. The van der Waals surface area contributed by atoms with Crippen LogP contribution in [0.3, 0.4) is 0 Å². The maximum Gasteiger partial charge on any atom is 0.338 e. The number of halogens is 1. The topological polar surface area (TPSA) is 130 Å². The summed E-state index contributed by atoms with van der Waals surface area (Å²) >= 11 is 7.32. The number of ether oxygens (including phenoxy) is 3. The van der Waals surface area contributed by atoms with Crippen LogP contribution in [-0.2, 0) is 9.53 Å². The van der Waals surface area contributed by atoms with E-state index in [0.717, 1.165) is 11.3 Å². The second-order valence-electron chi connectivity index (χ2n) is 10.2. The van der Waals surface area contributed by atoms with Gasteiger partial charge in [-0.3, -0.25) is 9.36 Å². The van der Waals surface area contributed by atoms with Crippen LogP contribution in [0.4, 0.5) is 0 Å². The van der Waals surface area contributed by atoms with Gasteiger partial charge >= 0.3 is 11.9 Å². The van der Waals surface area contributed by atoms with E-state index in [1.165, 1.54) is 16.7 Å². The average Bonchev–Trinajstić information content (AvgIpc) is 3.80. The molecule has 46 heavy (non-hydrogen) atoms. The third kappa shape index (κ3) is 5.19. The van der Waals surface area contributed by atoms with Crippen molar-refractivity contribution in [3.05, 3.63) is 132 Å². The van der Waals surface area contributed by atoms with Gasteiger partial charge in [0.2, 0.25) is 6.79 Å². The van der Waals surface area contributed by atoms with Crippen LogP contribution >= 0.6 is 22.9 Å². The number of hydrogen-bond donors (Lipinski definition) is 1. The third-order valence-corrected chi connectivity index (χ3v) is 8.77. The van der Waals surface area contributed by atoms with E-state index in [1.54, 1.807) is 49.4 Å². The lowest BCUT2D eigenvalue weighted by Crippen LogP contribution is -2.40. The van der Waals surface area contributed by atoms with E-state index in [-0.39, 0.29) is 35.1 Å². The number of rotatable bonds is 7. The highest BCUT2D eigenvalue weighted by Gasteiger charge is 2.36. The van der Waals surface area contributed by atoms with Crippen molar-refractivity contribution in [1.29, 1.82) is 0 Å². The standard InChI is InChI=1S/C34H23ClN2O8S/c1-2-42-33(41)28-29(18-6-4-3-5-7-18)36-34-37(30(28)20-9-12-25-26(15-20)44-17-43-25)31(38)27(46-34)16-21-10-13-24(45-21)19-8-11-22(32(39)40)23(35)14-19/h3-16,30H,2,17H2,1H3,(H,39,40)/b27-16-. The number of carbonyl (C=O) groups is 2. The molecule has 0 saturated heterocycles. The molecule has 0 spiro atoms. The van der Waals surface area contributed by atoms with Gasteiger partial charge in [-0.25, -0.2) is 14.6 Å². The molecule has 3 aromatic carbocycles. The number of esters is 1. The number of carbonyl (C=O) groups excluding carboxylic acids is 1. The zero-order valence-corrected chi connectivity index (χ0v) is 25.6. The predicted molar refractivity (Wildman–Crippen MR) is 170 cm³/mol. The van der Waals surface area contributed by atoms with E-state index in [1.807, 2.05) is 30.3 Å². The SMILES string of the molecule is CCOC(=O)C1=C(c2ccccc2)N=c2s/c(=C\c3ccc(-c4ccc(C(=O)O)c(Cl)c4)o3)c(=O)n2C1c1ccc2c(c1)OCO2. The Morgan fingerprint density at radius 3 is 2.61 bits per heavy atom. The number of fused-ring (bicyclic) bond motifs is 2. The lowest BCUT2D eigenvalue weighted by molar-refractivity contribution is -0.138. The van der Waals surface area contributed by atoms with Crippen LogP contribution in [0, 0.1) is 0 Å². The molecular formula is C34H23ClN2O8S. The van der Waals surface area contributed by atoms with E-state index in [9.17, 15) is 19.5 Å². The monoisotopic (exact) mass is 654 g/mol. The van der Waals surface area contributed by atoms with Crippen LogP contribution in [0.25, 0.3) is 23.1 Å². The summed E-state index contributed by atoms with van der Waals surface area (Å²) in [6.07, 6.45) is 1.60. The van der Waals surface area contributed by atoms with E-state index >= 15 is 0 Å². The van der Waals surface area contributed by atoms with Gasteiger partial charge in [-0.1, -0.05) is 65.4 Å². The predicted octanol–water partition coefficient (Wildman–Crippen LogP) is 5.28. The highest BCUT2D eigenvalue weighted by Crippen LogP contribution is 2.40. The van der Waals surface area contributed by atoms with E-state index in [0.29, 0.717) is 54.7 Å². The van der Waals surface area contributed by atoms with Crippen LogP contribution in [0.15, 0.2) is 98.6 Å². The molecule has 0 saturated carbocycles. The third-order valence-electron chi connectivity index (χ3n) is 7.47. The maximum atomic E-state index is 14.2. The Kier molecular flexibility index (Phi) is 7.55. The molecule has 7 rings (SSSR count). The highest BCUT2D eigenvalue weighted by atomic mass is 35.5. The van der Waals surface area contributed by atoms with Crippen LogP contribution < -0.4 is 24.4 Å². The molecule has 12 heteroatoms. The fraction of sp³-hybridized carbons (Fsp3) is 0.118. The number of aromatic nitrogens is 1. The Morgan fingerprint density at radius 1 is 1.04 bits per heavy atom. The van der Waals surface area contributed by atoms with Gasteiger partial charge in [0, 0.05) is 17.2 Å². The first kappa shape index (κ1) is 29.3. The molecule has 1 N–H and O–H groups in total. The Morgan fingerprint density at radius 2 is 1.85 bits per heavy atom. The lowest BCUT2D eigenvalue weighted by Gasteiger charge is -2.26. The Labute approximate surface area is 269 Å². The quantitative estimate of drug-likeness (QED) is 0.235. The molecule has 0 radical (unpaired) electrons. The first-order valence-corrected chi connectivity index (χ1v) is 15.3. The van der Waals surface area contributed by atoms with E-state index in [2.05, 4.69) is 0 Å². The van der Waals surface area contributed by atoms with Crippen molar-refractivity contribution >= 4 is 46.6 Å². The van der Waals surface area contributed by atoms with Crippen LogP contribution in [-0.4, -0.2) is 35.0 Å². The first-order valence-electron chi connectivity index (χ1n) is 14.1. The minimum absolute atomic E-state index is 0.0209. The zero-order chi connectivity index (χ0) is 31.9. The molecule has 230 valence electrons. The fourth-order valence-electron chi connectivity index (χ4n) is 5.40. The smallest absolute Gasteiger partial charge is 0.338 e. The number of carboxylic acid groups (broad SMARTS) is 1. The summed E-state index contributed by atoms with van der Waals surface area (Å²) in [5.41, 5.74) is 2.09. The summed E-state index contributed by atoms with van der Waals surface area (Å²) in [5, 5.41) is 9.36. The lowest BCUT2D eigenvalue weighted by atomic mass is 9.93. The normalized spacial score (nSPS) is 15.4. The zero-order valence-electron chi connectivity index (χ0n) is 24.1. The van der Waals surface area contributed by atoms with Gasteiger partial charge in [0.1, 0.15) is 11.5 Å². The first-order chi connectivity index (χ1) is 22.3. The average molecular weight is 655 g/mol. The van der Waals surface area contributed by atoms with E-state index in [4.69, 9.17) is 35.2 Å². The van der Waals surface area contributed by atoms with Crippen molar-refractivity contribution in [2.24, 2.45) is 4.99 Å². The highest BCUT2D eigenvalue weighted by molar-refractivity contribution is 7.07. The molecular weight excluding hydrogens is 632 g/mol. The molecule has 0 bridgehead atoms. The molecule has 10 nitrogen and oxygen atoms in total. The number of aromatic carboxylic acids is 1. The molecule has 5 aromatic rings. The van der Waals surface area contributed by atoms with Crippen LogP contribution in [0.2, 0.25) is 5.02 Å². The molecule has 2 aliphatic rings. The van der Waals surface area contributed by atoms with Gasteiger partial charge < -0.3 is 23.7 Å². The van der Waals surface area contributed by atoms with Gasteiger partial charge in [0.25, 0.3) is 5.56 Å². The number of carboxylic acids is 1. The number of furan rings is 1. The summed E-state index contributed by atoms with van der Waals surface area (Å²) in [5.74, 6) is 0.158. The molecule has 1 atom stereocenters. The van der Waals surface area contributed by atoms with Crippen LogP contribution in [0.1, 0.15) is 40.2 Å². The minimum atomic E-state index is -1.13. The van der Waals surface area contributed by atoms with Gasteiger partial charge in [0.05, 0.1) is 39.0 Å². The Bertz CT molecular complexity index is 2250. The van der Waals surface area contributed by atoms with Crippen molar-refractivity contribution in [3.8, 4) is 22.8 Å². The molecule has 0 amide bonds. The number of nitrogens with zero attached hydrogens (tertiary/aromatic N) is 2.